The first-order valence-electron chi connectivity index (χ1n) is 11.2. The Labute approximate surface area is 215 Å². The van der Waals surface area contributed by atoms with E-state index in [9.17, 15) is 18.0 Å². The van der Waals surface area contributed by atoms with Gasteiger partial charge in [-0.15, -0.1) is 0 Å². The molecule has 0 aliphatic carbocycles. The van der Waals surface area contributed by atoms with Gasteiger partial charge in [-0.1, -0.05) is 36.4 Å². The summed E-state index contributed by atoms with van der Waals surface area (Å²) in [5, 5.41) is 1.36. The van der Waals surface area contributed by atoms with E-state index >= 15 is 0 Å². The molecule has 1 saturated heterocycles. The predicted molar refractivity (Wildman–Crippen MR) is 140 cm³/mol. The summed E-state index contributed by atoms with van der Waals surface area (Å²) >= 11 is 0. The van der Waals surface area contributed by atoms with E-state index in [4.69, 9.17) is 14.2 Å². The van der Waals surface area contributed by atoms with Crippen molar-refractivity contribution in [2.24, 2.45) is 0 Å². The summed E-state index contributed by atoms with van der Waals surface area (Å²) in [5.41, 5.74) is 1.56. The molecule has 1 N–H and O–H groups in total. The summed E-state index contributed by atoms with van der Waals surface area (Å²) in [6.07, 6.45) is 1.30. The molecule has 3 aromatic carbocycles. The summed E-state index contributed by atoms with van der Waals surface area (Å²) in [6.45, 7) is 1.36. The molecule has 1 aliphatic heterocycles. The third-order valence-electron chi connectivity index (χ3n) is 5.78. The number of nitrogens with zero attached hydrogens (tertiary/aromatic N) is 1. The number of methoxy groups -OCH3 is 3. The minimum atomic E-state index is -4.18. The van der Waals surface area contributed by atoms with E-state index in [1.54, 1.807) is 66.7 Å². The number of hydrogen-bond acceptors (Lipinski definition) is 7. The molecule has 0 aromatic heterocycles. The van der Waals surface area contributed by atoms with Crippen molar-refractivity contribution in [3.05, 3.63) is 82.8 Å². The highest BCUT2D eigenvalue weighted by Crippen LogP contribution is 2.45. The molecule has 10 heteroatoms. The Hall–Kier alpha value is -4.31. The lowest BCUT2D eigenvalue weighted by Crippen LogP contribution is -2.29. The Bertz CT molecular complexity index is 1460. The van der Waals surface area contributed by atoms with Gasteiger partial charge in [-0.3, -0.25) is 14.5 Å². The number of benzene rings is 3. The molecule has 1 aliphatic rings. The molecule has 4 rings (SSSR count). The molecule has 1 fully saturated rings. The summed E-state index contributed by atoms with van der Waals surface area (Å²) in [5.74, 6) is -0.0268. The molecular formula is C27H26N2O7S. The third-order valence-corrected chi connectivity index (χ3v) is 7.76. The maximum Gasteiger partial charge on any atom is 0.271 e. The van der Waals surface area contributed by atoms with Crippen LogP contribution in [-0.2, 0) is 19.4 Å². The van der Waals surface area contributed by atoms with Gasteiger partial charge in [0.05, 0.1) is 21.3 Å². The number of ether oxygens (including phenoxy) is 3. The van der Waals surface area contributed by atoms with Crippen LogP contribution in [0.3, 0.4) is 0 Å². The Morgan fingerprint density at radius 1 is 0.919 bits per heavy atom. The molecule has 2 amide bonds. The molecule has 1 unspecified atom stereocenters. The van der Waals surface area contributed by atoms with Gasteiger partial charge in [0.2, 0.25) is 21.5 Å². The number of anilines is 2. The molecule has 3 aromatic rings. The van der Waals surface area contributed by atoms with Crippen LogP contribution in [0.1, 0.15) is 23.4 Å². The smallest absolute Gasteiger partial charge is 0.271 e. The molecule has 37 heavy (non-hydrogen) atoms. The van der Waals surface area contributed by atoms with Crippen LogP contribution < -0.4 is 24.4 Å². The van der Waals surface area contributed by atoms with Crippen molar-refractivity contribution in [3.8, 4) is 17.2 Å². The van der Waals surface area contributed by atoms with Crippen LogP contribution >= 0.6 is 0 Å². The zero-order valence-electron chi connectivity index (χ0n) is 20.7. The zero-order valence-corrected chi connectivity index (χ0v) is 21.5. The molecule has 0 radical (unpaired) electrons. The lowest BCUT2D eigenvalue weighted by molar-refractivity contribution is -0.115. The first-order chi connectivity index (χ1) is 17.7. The first-order valence-corrected chi connectivity index (χ1v) is 12.8. The highest BCUT2D eigenvalue weighted by molar-refractivity contribution is 7.97. The van der Waals surface area contributed by atoms with Crippen LogP contribution in [0.4, 0.5) is 11.4 Å². The van der Waals surface area contributed by atoms with Gasteiger partial charge in [0, 0.05) is 18.3 Å². The van der Waals surface area contributed by atoms with E-state index in [0.29, 0.717) is 39.8 Å². The molecule has 1 atom stereocenters. The number of nitrogens with one attached hydrogen (secondary N) is 1. The second-order valence-electron chi connectivity index (χ2n) is 8.18. The van der Waals surface area contributed by atoms with Crippen molar-refractivity contribution in [3.63, 3.8) is 0 Å². The van der Waals surface area contributed by atoms with Gasteiger partial charge in [-0.2, -0.15) is 0 Å². The van der Waals surface area contributed by atoms with Gasteiger partial charge in [-0.05, 0) is 47.5 Å². The summed E-state index contributed by atoms with van der Waals surface area (Å²) in [4.78, 5) is 26.2. The lowest BCUT2D eigenvalue weighted by atomic mass is 10.1. The van der Waals surface area contributed by atoms with Gasteiger partial charge in [0.25, 0.3) is 5.91 Å². The number of sulfone groups is 1. The normalized spacial score (nSPS) is 17.5. The molecule has 0 saturated carbocycles. The highest BCUT2D eigenvalue weighted by Gasteiger charge is 2.50. The maximum absolute atomic E-state index is 13.9. The fourth-order valence-electron chi connectivity index (χ4n) is 4.22. The molecular weight excluding hydrogens is 496 g/mol. The van der Waals surface area contributed by atoms with Gasteiger partial charge in [0.1, 0.15) is 4.91 Å². The van der Waals surface area contributed by atoms with Gasteiger partial charge < -0.3 is 19.5 Å². The average molecular weight is 523 g/mol. The average Bonchev–Trinajstić information content (AvgIpc) is 3.08. The number of carbonyl (C=O) groups is 2. The summed E-state index contributed by atoms with van der Waals surface area (Å²) in [6, 6.07) is 18.1. The number of carbonyl (C=O) groups excluding carboxylic acids is 2. The maximum atomic E-state index is 13.9. The SMILES string of the molecule is COc1cc(/C=C2/C(=O)N(c3cccc(NC(C)=O)c3)C(c3ccccc3)S2(=O)=O)cc(OC)c1OC. The fraction of sp³-hybridized carbons (Fsp3) is 0.185. The Kier molecular flexibility index (Phi) is 7.21. The first kappa shape index (κ1) is 25.8. The van der Waals surface area contributed by atoms with Crippen molar-refractivity contribution in [2.75, 3.05) is 31.5 Å². The molecule has 9 nitrogen and oxygen atoms in total. The Balaban J connectivity index is 1.91. The van der Waals surface area contributed by atoms with Gasteiger partial charge in [0.15, 0.2) is 16.9 Å². The lowest BCUT2D eigenvalue weighted by Gasteiger charge is -2.23. The van der Waals surface area contributed by atoms with Crippen LogP contribution in [0, 0.1) is 0 Å². The van der Waals surface area contributed by atoms with Crippen molar-refractivity contribution in [1.82, 2.24) is 0 Å². The monoisotopic (exact) mass is 522 g/mol. The molecule has 1 heterocycles. The highest BCUT2D eigenvalue weighted by atomic mass is 32.2. The van der Waals surface area contributed by atoms with E-state index in [-0.39, 0.29) is 10.8 Å². The molecule has 0 spiro atoms. The number of rotatable bonds is 7. The summed E-state index contributed by atoms with van der Waals surface area (Å²) < 4.78 is 43.9. The van der Waals surface area contributed by atoms with Crippen LogP contribution in [0.5, 0.6) is 17.2 Å². The molecule has 192 valence electrons. The van der Waals surface area contributed by atoms with Crippen LogP contribution in [0.2, 0.25) is 0 Å². The quantitative estimate of drug-likeness (QED) is 0.464. The van der Waals surface area contributed by atoms with Crippen LogP contribution in [0.15, 0.2) is 71.6 Å². The molecule has 0 bridgehead atoms. The second kappa shape index (κ2) is 10.4. The van der Waals surface area contributed by atoms with E-state index in [0.717, 1.165) is 0 Å². The number of amides is 2. The van der Waals surface area contributed by atoms with Crippen molar-refractivity contribution in [1.29, 1.82) is 0 Å². The van der Waals surface area contributed by atoms with Crippen molar-refractivity contribution in [2.45, 2.75) is 12.3 Å². The second-order valence-corrected chi connectivity index (χ2v) is 10.2. The van der Waals surface area contributed by atoms with Gasteiger partial charge >= 0.3 is 0 Å². The van der Waals surface area contributed by atoms with Crippen LogP contribution in [0.25, 0.3) is 6.08 Å². The third kappa shape index (κ3) is 4.88. The fourth-order valence-corrected chi connectivity index (χ4v) is 6.11. The van der Waals surface area contributed by atoms with Crippen molar-refractivity contribution < 1.29 is 32.2 Å². The summed E-state index contributed by atoms with van der Waals surface area (Å²) in [7, 11) is 0.171. The Morgan fingerprint density at radius 3 is 2.14 bits per heavy atom. The number of hydrogen-bond donors (Lipinski definition) is 1. The van der Waals surface area contributed by atoms with Crippen LogP contribution in [-0.4, -0.2) is 41.6 Å². The standard InChI is InChI=1S/C27H26N2O7S/c1-17(30)28-20-11-8-12-21(16-20)29-26(31)24(37(32,33)27(29)19-9-6-5-7-10-19)15-18-13-22(34-2)25(36-4)23(14-18)35-3/h5-16,27H,1-4H3,(H,28,30)/b24-15-. The topological polar surface area (TPSA) is 111 Å². The minimum absolute atomic E-state index is 0.292. The largest absolute Gasteiger partial charge is 0.493 e. The van der Waals surface area contributed by atoms with E-state index in [1.807, 2.05) is 0 Å². The van der Waals surface area contributed by atoms with E-state index in [2.05, 4.69) is 5.32 Å². The zero-order chi connectivity index (χ0) is 26.7. The van der Waals surface area contributed by atoms with Gasteiger partial charge in [-0.25, -0.2) is 8.42 Å². The minimum Gasteiger partial charge on any atom is -0.493 e. The Morgan fingerprint density at radius 2 is 1.57 bits per heavy atom. The van der Waals surface area contributed by atoms with E-state index in [1.165, 1.54) is 39.2 Å². The van der Waals surface area contributed by atoms with Crippen molar-refractivity contribution >= 4 is 39.1 Å². The predicted octanol–water partition coefficient (Wildman–Crippen LogP) is 4.17. The van der Waals surface area contributed by atoms with E-state index < -0.39 is 21.1 Å².